The number of rotatable bonds is 4. The lowest BCUT2D eigenvalue weighted by Gasteiger charge is -2.37. The van der Waals surface area contributed by atoms with E-state index in [0.717, 1.165) is 37.6 Å². The minimum absolute atomic E-state index is 0.191. The molecule has 2 fully saturated rings. The van der Waals surface area contributed by atoms with Gasteiger partial charge in [0.25, 0.3) is 0 Å². The van der Waals surface area contributed by atoms with Crippen LogP contribution in [0.5, 0.6) is 0 Å². The van der Waals surface area contributed by atoms with Gasteiger partial charge in [0.05, 0.1) is 12.5 Å². The Bertz CT molecular complexity index is 256. The zero-order valence-corrected chi connectivity index (χ0v) is 11.0. The van der Waals surface area contributed by atoms with Gasteiger partial charge in [0.1, 0.15) is 0 Å². The second kappa shape index (κ2) is 6.61. The van der Waals surface area contributed by atoms with E-state index in [9.17, 15) is 4.79 Å². The lowest BCUT2D eigenvalue weighted by molar-refractivity contribution is -0.138. The first kappa shape index (κ1) is 13.2. The van der Waals surface area contributed by atoms with E-state index in [4.69, 9.17) is 9.84 Å². The van der Waals surface area contributed by atoms with Gasteiger partial charge in [-0.25, -0.2) is 0 Å². The molecule has 2 saturated heterocycles. The van der Waals surface area contributed by atoms with Crippen molar-refractivity contribution in [2.45, 2.75) is 37.8 Å². The van der Waals surface area contributed by atoms with Crippen molar-refractivity contribution in [3.05, 3.63) is 0 Å². The predicted octanol–water partition coefficient (Wildman–Crippen LogP) is 1.45. The Morgan fingerprint density at radius 3 is 3.06 bits per heavy atom. The zero-order valence-electron chi connectivity index (χ0n) is 10.1. The molecule has 2 unspecified atom stereocenters. The molecular formula is C12H21NO3S. The van der Waals surface area contributed by atoms with Gasteiger partial charge in [0, 0.05) is 37.2 Å². The summed E-state index contributed by atoms with van der Waals surface area (Å²) in [6.07, 6.45) is 4.13. The number of hydrogen-bond acceptors (Lipinski definition) is 4. The largest absolute Gasteiger partial charge is 0.481 e. The van der Waals surface area contributed by atoms with E-state index in [1.807, 2.05) is 11.8 Å². The van der Waals surface area contributed by atoms with E-state index >= 15 is 0 Å². The van der Waals surface area contributed by atoms with Crippen LogP contribution in [0.4, 0.5) is 0 Å². The maximum absolute atomic E-state index is 10.8. The molecule has 0 aromatic carbocycles. The molecule has 98 valence electrons. The molecule has 0 amide bonds. The number of carboxylic acid groups (broad SMARTS) is 1. The molecule has 2 rings (SSSR count). The van der Waals surface area contributed by atoms with Crippen molar-refractivity contribution < 1.29 is 14.6 Å². The summed E-state index contributed by atoms with van der Waals surface area (Å²) in [5.74, 6) is 1.37. The maximum Gasteiger partial charge on any atom is 0.304 e. The number of thioether (sulfide) groups is 1. The molecule has 0 aliphatic carbocycles. The van der Waals surface area contributed by atoms with Crippen molar-refractivity contribution in [2.24, 2.45) is 0 Å². The third kappa shape index (κ3) is 4.16. The smallest absolute Gasteiger partial charge is 0.304 e. The summed E-state index contributed by atoms with van der Waals surface area (Å²) in [6.45, 7) is 2.79. The molecule has 0 aromatic rings. The lowest BCUT2D eigenvalue weighted by atomic mass is 10.1. The second-order valence-corrected chi connectivity index (χ2v) is 5.96. The van der Waals surface area contributed by atoms with Crippen LogP contribution in [0.3, 0.4) is 0 Å². The molecule has 2 atom stereocenters. The average Bonchev–Trinajstić information content (AvgIpc) is 2.32. The monoisotopic (exact) mass is 259 g/mol. The normalized spacial score (nSPS) is 31.3. The topological polar surface area (TPSA) is 49.8 Å². The van der Waals surface area contributed by atoms with E-state index in [1.165, 1.54) is 12.8 Å². The summed E-state index contributed by atoms with van der Waals surface area (Å²) in [5.41, 5.74) is 0. The fourth-order valence-corrected chi connectivity index (χ4v) is 3.66. The van der Waals surface area contributed by atoms with E-state index in [1.54, 1.807) is 0 Å². The Balaban J connectivity index is 1.84. The standard InChI is InChI=1S/C12H21NO3S/c14-12(15)7-10-9-17-6-4-13(10)8-11-3-1-2-5-16-11/h10-11H,1-9H2,(H,14,15). The third-order valence-corrected chi connectivity index (χ3v) is 4.56. The molecule has 2 aliphatic rings. The van der Waals surface area contributed by atoms with E-state index < -0.39 is 5.97 Å². The molecular weight excluding hydrogens is 238 g/mol. The van der Waals surface area contributed by atoms with Crippen molar-refractivity contribution >= 4 is 17.7 Å². The van der Waals surface area contributed by atoms with Gasteiger partial charge in [-0.15, -0.1) is 0 Å². The Hall–Kier alpha value is -0.260. The van der Waals surface area contributed by atoms with Crippen LogP contribution in [-0.4, -0.2) is 59.3 Å². The SMILES string of the molecule is O=C(O)CC1CSCCN1CC1CCCCO1. The van der Waals surface area contributed by atoms with Crippen molar-refractivity contribution in [1.29, 1.82) is 0 Å². The van der Waals surface area contributed by atoms with E-state index in [2.05, 4.69) is 4.90 Å². The number of carboxylic acids is 1. The van der Waals surface area contributed by atoms with Crippen LogP contribution in [0, 0.1) is 0 Å². The van der Waals surface area contributed by atoms with Crippen molar-refractivity contribution in [2.75, 3.05) is 31.2 Å². The molecule has 0 radical (unpaired) electrons. The van der Waals surface area contributed by atoms with Crippen LogP contribution in [0.2, 0.25) is 0 Å². The quantitative estimate of drug-likeness (QED) is 0.828. The summed E-state index contributed by atoms with van der Waals surface area (Å²) in [4.78, 5) is 13.2. The van der Waals surface area contributed by atoms with Gasteiger partial charge in [-0.1, -0.05) is 0 Å². The van der Waals surface area contributed by atoms with Crippen LogP contribution in [0.15, 0.2) is 0 Å². The minimum atomic E-state index is -0.688. The lowest BCUT2D eigenvalue weighted by Crippen LogP contribution is -2.47. The Labute approximate surface area is 107 Å². The highest BCUT2D eigenvalue weighted by molar-refractivity contribution is 7.99. The Morgan fingerprint density at radius 1 is 1.47 bits per heavy atom. The molecule has 17 heavy (non-hydrogen) atoms. The second-order valence-electron chi connectivity index (χ2n) is 4.81. The molecule has 2 aliphatic heterocycles. The third-order valence-electron chi connectivity index (χ3n) is 3.47. The van der Waals surface area contributed by atoms with Gasteiger partial charge in [0.2, 0.25) is 0 Å². The molecule has 1 N–H and O–H groups in total. The van der Waals surface area contributed by atoms with Crippen LogP contribution < -0.4 is 0 Å². The molecule has 0 bridgehead atoms. The van der Waals surface area contributed by atoms with Gasteiger partial charge >= 0.3 is 5.97 Å². The van der Waals surface area contributed by atoms with Crippen molar-refractivity contribution in [3.8, 4) is 0 Å². The highest BCUT2D eigenvalue weighted by Gasteiger charge is 2.27. The van der Waals surface area contributed by atoms with Gasteiger partial charge in [-0.2, -0.15) is 11.8 Å². The number of carbonyl (C=O) groups is 1. The highest BCUT2D eigenvalue weighted by Crippen LogP contribution is 2.22. The van der Waals surface area contributed by atoms with Crippen molar-refractivity contribution in [1.82, 2.24) is 4.90 Å². The first-order chi connectivity index (χ1) is 8.25. The number of hydrogen-bond donors (Lipinski definition) is 1. The van der Waals surface area contributed by atoms with Crippen LogP contribution >= 0.6 is 11.8 Å². The predicted molar refractivity (Wildman–Crippen MR) is 68.5 cm³/mol. The van der Waals surface area contributed by atoms with Crippen LogP contribution in [0.1, 0.15) is 25.7 Å². The van der Waals surface area contributed by atoms with Gasteiger partial charge in [-0.3, -0.25) is 9.69 Å². The molecule has 4 nitrogen and oxygen atoms in total. The van der Waals surface area contributed by atoms with E-state index in [-0.39, 0.29) is 12.5 Å². The average molecular weight is 259 g/mol. The van der Waals surface area contributed by atoms with Gasteiger partial charge in [-0.05, 0) is 19.3 Å². The fourth-order valence-electron chi connectivity index (χ4n) is 2.53. The summed E-state index contributed by atoms with van der Waals surface area (Å²) in [7, 11) is 0. The summed E-state index contributed by atoms with van der Waals surface area (Å²) in [5, 5.41) is 8.92. The number of nitrogens with zero attached hydrogens (tertiary/aromatic N) is 1. The van der Waals surface area contributed by atoms with Gasteiger partial charge < -0.3 is 9.84 Å². The fraction of sp³-hybridized carbons (Fsp3) is 0.917. The maximum atomic E-state index is 10.8. The summed E-state index contributed by atoms with van der Waals surface area (Å²) in [6, 6.07) is 0.191. The summed E-state index contributed by atoms with van der Waals surface area (Å²) < 4.78 is 5.74. The summed E-state index contributed by atoms with van der Waals surface area (Å²) >= 11 is 1.86. The highest BCUT2D eigenvalue weighted by atomic mass is 32.2. The number of ether oxygens (including phenoxy) is 1. The molecule has 5 heteroatoms. The first-order valence-corrected chi connectivity index (χ1v) is 7.56. The minimum Gasteiger partial charge on any atom is -0.481 e. The van der Waals surface area contributed by atoms with Gasteiger partial charge in [0.15, 0.2) is 0 Å². The van der Waals surface area contributed by atoms with Crippen LogP contribution in [0.25, 0.3) is 0 Å². The Kier molecular flexibility index (Phi) is 5.13. The van der Waals surface area contributed by atoms with E-state index in [0.29, 0.717) is 6.10 Å². The first-order valence-electron chi connectivity index (χ1n) is 6.41. The molecule has 0 aromatic heterocycles. The zero-order chi connectivity index (χ0) is 12.1. The van der Waals surface area contributed by atoms with Crippen LogP contribution in [-0.2, 0) is 9.53 Å². The number of aliphatic carboxylic acids is 1. The van der Waals surface area contributed by atoms with Crippen molar-refractivity contribution in [3.63, 3.8) is 0 Å². The molecule has 2 heterocycles. The Morgan fingerprint density at radius 2 is 2.35 bits per heavy atom. The molecule has 0 saturated carbocycles. The molecule has 0 spiro atoms.